The highest BCUT2D eigenvalue weighted by Gasteiger charge is 2.16. The van der Waals surface area contributed by atoms with Crippen LogP contribution in [0.3, 0.4) is 0 Å². The second kappa shape index (κ2) is 10.1. The van der Waals surface area contributed by atoms with Crippen molar-refractivity contribution in [2.75, 3.05) is 6.54 Å². The van der Waals surface area contributed by atoms with Gasteiger partial charge in [-0.15, -0.1) is 0 Å². The van der Waals surface area contributed by atoms with Gasteiger partial charge in [-0.3, -0.25) is 0 Å². The van der Waals surface area contributed by atoms with Crippen LogP contribution in [0.5, 0.6) is 0 Å². The standard InChI is InChI=1S/C20H30N4O3/c1-20(2,3)26-19(25)22-14-8-7-11-16(21)18-23-17(24-27-18)13-12-15-9-5-4-6-10-15/h4-6,9-10,16H,7-8,11-14,21H2,1-3H3,(H,22,25)/t16-/m0/s1. The summed E-state index contributed by atoms with van der Waals surface area (Å²) in [5, 5.41) is 6.75. The summed E-state index contributed by atoms with van der Waals surface area (Å²) in [7, 11) is 0. The summed E-state index contributed by atoms with van der Waals surface area (Å²) in [6.45, 7) is 6.06. The maximum atomic E-state index is 11.6. The molecule has 0 aliphatic heterocycles. The quantitative estimate of drug-likeness (QED) is 0.651. The molecule has 0 saturated heterocycles. The number of nitrogens with two attached hydrogens (primary N) is 1. The summed E-state index contributed by atoms with van der Waals surface area (Å²) in [5.41, 5.74) is 6.89. The van der Waals surface area contributed by atoms with Crippen LogP contribution >= 0.6 is 0 Å². The molecule has 0 unspecified atom stereocenters. The number of nitrogens with zero attached hydrogens (tertiary/aromatic N) is 2. The van der Waals surface area contributed by atoms with Crippen LogP contribution in [-0.4, -0.2) is 28.4 Å². The Labute approximate surface area is 160 Å². The van der Waals surface area contributed by atoms with Crippen LogP contribution in [-0.2, 0) is 17.6 Å². The SMILES string of the molecule is CC(C)(C)OC(=O)NCCCC[C@H](N)c1nc(CCc2ccccc2)no1. The molecule has 1 aromatic heterocycles. The van der Waals surface area contributed by atoms with E-state index in [0.717, 1.165) is 32.1 Å². The minimum Gasteiger partial charge on any atom is -0.444 e. The van der Waals surface area contributed by atoms with Crippen molar-refractivity contribution in [1.29, 1.82) is 0 Å². The van der Waals surface area contributed by atoms with E-state index in [2.05, 4.69) is 27.6 Å². The van der Waals surface area contributed by atoms with Crippen LogP contribution in [0.1, 0.15) is 63.4 Å². The molecule has 0 spiro atoms. The second-order valence-electron chi connectivity index (χ2n) is 7.57. The molecule has 0 aliphatic rings. The van der Waals surface area contributed by atoms with E-state index in [4.69, 9.17) is 15.0 Å². The Hall–Kier alpha value is -2.41. The number of aryl methyl sites for hydroxylation is 2. The molecule has 0 bridgehead atoms. The normalized spacial score (nSPS) is 12.6. The third-order valence-electron chi connectivity index (χ3n) is 3.89. The number of carbonyl (C=O) groups excluding carboxylic acids is 1. The molecule has 0 aliphatic carbocycles. The fourth-order valence-electron chi connectivity index (χ4n) is 2.54. The zero-order valence-corrected chi connectivity index (χ0v) is 16.4. The highest BCUT2D eigenvalue weighted by Crippen LogP contribution is 2.15. The first kappa shape index (κ1) is 20.9. The zero-order chi connectivity index (χ0) is 19.7. The smallest absolute Gasteiger partial charge is 0.407 e. The van der Waals surface area contributed by atoms with Gasteiger partial charge in [0.15, 0.2) is 5.82 Å². The topological polar surface area (TPSA) is 103 Å². The summed E-state index contributed by atoms with van der Waals surface area (Å²) < 4.78 is 10.5. The van der Waals surface area contributed by atoms with Crippen molar-refractivity contribution in [3.8, 4) is 0 Å². The van der Waals surface area contributed by atoms with E-state index >= 15 is 0 Å². The number of aromatic nitrogens is 2. The van der Waals surface area contributed by atoms with Gasteiger partial charge < -0.3 is 20.3 Å². The predicted molar refractivity (Wildman–Crippen MR) is 103 cm³/mol. The molecule has 27 heavy (non-hydrogen) atoms. The first-order valence-corrected chi connectivity index (χ1v) is 9.42. The Morgan fingerprint density at radius 1 is 1.22 bits per heavy atom. The molecule has 148 valence electrons. The molecular formula is C20H30N4O3. The van der Waals surface area contributed by atoms with Crippen LogP contribution in [0, 0.1) is 0 Å². The van der Waals surface area contributed by atoms with Crippen LogP contribution in [0.15, 0.2) is 34.9 Å². The van der Waals surface area contributed by atoms with E-state index in [1.165, 1.54) is 5.56 Å². The van der Waals surface area contributed by atoms with Gasteiger partial charge in [0.2, 0.25) is 5.89 Å². The molecule has 0 radical (unpaired) electrons. The van der Waals surface area contributed by atoms with Gasteiger partial charge in [0.1, 0.15) is 5.60 Å². The minimum absolute atomic E-state index is 0.287. The highest BCUT2D eigenvalue weighted by molar-refractivity contribution is 5.67. The molecule has 1 aromatic carbocycles. The van der Waals surface area contributed by atoms with E-state index in [0.29, 0.717) is 18.3 Å². The van der Waals surface area contributed by atoms with Gasteiger partial charge >= 0.3 is 6.09 Å². The lowest BCUT2D eigenvalue weighted by molar-refractivity contribution is 0.0527. The maximum Gasteiger partial charge on any atom is 0.407 e. The number of amides is 1. The van der Waals surface area contributed by atoms with Crippen molar-refractivity contribution in [3.63, 3.8) is 0 Å². The van der Waals surface area contributed by atoms with Crippen LogP contribution < -0.4 is 11.1 Å². The molecule has 2 rings (SSSR count). The van der Waals surface area contributed by atoms with Crippen molar-refractivity contribution in [1.82, 2.24) is 15.5 Å². The van der Waals surface area contributed by atoms with Crippen molar-refractivity contribution in [2.45, 2.75) is 64.5 Å². The molecule has 1 amide bonds. The fraction of sp³-hybridized carbons (Fsp3) is 0.550. The molecule has 1 atom stereocenters. The van der Waals surface area contributed by atoms with Gasteiger partial charge in [-0.1, -0.05) is 35.5 Å². The first-order chi connectivity index (χ1) is 12.8. The van der Waals surface area contributed by atoms with Gasteiger partial charge in [-0.05, 0) is 52.0 Å². The molecule has 7 nitrogen and oxygen atoms in total. The number of unbranched alkanes of at least 4 members (excludes halogenated alkanes) is 1. The first-order valence-electron chi connectivity index (χ1n) is 9.42. The van der Waals surface area contributed by atoms with E-state index in [-0.39, 0.29) is 6.04 Å². The van der Waals surface area contributed by atoms with Gasteiger partial charge in [-0.2, -0.15) is 4.98 Å². The van der Waals surface area contributed by atoms with Gasteiger partial charge in [0, 0.05) is 13.0 Å². The van der Waals surface area contributed by atoms with Crippen molar-refractivity contribution in [2.24, 2.45) is 5.73 Å². The summed E-state index contributed by atoms with van der Waals surface area (Å²) in [5.74, 6) is 1.15. The summed E-state index contributed by atoms with van der Waals surface area (Å²) in [6.07, 6.45) is 3.56. The van der Waals surface area contributed by atoms with Crippen LogP contribution in [0.4, 0.5) is 4.79 Å². The number of hydrogen-bond acceptors (Lipinski definition) is 6. The number of nitrogens with one attached hydrogen (secondary N) is 1. The lowest BCUT2D eigenvalue weighted by Crippen LogP contribution is -2.33. The summed E-state index contributed by atoms with van der Waals surface area (Å²) >= 11 is 0. The Bertz CT molecular complexity index is 695. The van der Waals surface area contributed by atoms with Crippen LogP contribution in [0.25, 0.3) is 0 Å². The summed E-state index contributed by atoms with van der Waals surface area (Å²) in [6, 6.07) is 9.91. The second-order valence-corrected chi connectivity index (χ2v) is 7.57. The molecule has 3 N–H and O–H groups in total. The molecular weight excluding hydrogens is 344 g/mol. The van der Waals surface area contributed by atoms with E-state index in [1.54, 1.807) is 0 Å². The molecule has 0 saturated carbocycles. The Morgan fingerprint density at radius 2 is 1.96 bits per heavy atom. The zero-order valence-electron chi connectivity index (χ0n) is 16.4. The third-order valence-corrected chi connectivity index (χ3v) is 3.89. The Balaban J connectivity index is 1.64. The largest absolute Gasteiger partial charge is 0.444 e. The lowest BCUT2D eigenvalue weighted by atomic mass is 10.1. The third kappa shape index (κ3) is 8.21. The van der Waals surface area contributed by atoms with E-state index in [9.17, 15) is 4.79 Å². The Morgan fingerprint density at radius 3 is 2.67 bits per heavy atom. The number of hydrogen-bond donors (Lipinski definition) is 2. The Kier molecular flexibility index (Phi) is 7.79. The van der Waals surface area contributed by atoms with Crippen molar-refractivity contribution < 1.29 is 14.1 Å². The van der Waals surface area contributed by atoms with Gasteiger partial charge in [0.25, 0.3) is 0 Å². The minimum atomic E-state index is -0.484. The molecule has 1 heterocycles. The average Bonchev–Trinajstić information content (AvgIpc) is 3.08. The maximum absolute atomic E-state index is 11.6. The molecule has 2 aromatic rings. The molecule has 0 fully saturated rings. The van der Waals surface area contributed by atoms with Gasteiger partial charge in [0.05, 0.1) is 6.04 Å². The number of rotatable bonds is 9. The summed E-state index contributed by atoms with van der Waals surface area (Å²) in [4.78, 5) is 16.0. The van der Waals surface area contributed by atoms with E-state index in [1.807, 2.05) is 39.0 Å². The van der Waals surface area contributed by atoms with Crippen LogP contribution in [0.2, 0.25) is 0 Å². The van der Waals surface area contributed by atoms with Crippen molar-refractivity contribution in [3.05, 3.63) is 47.6 Å². The number of benzene rings is 1. The van der Waals surface area contributed by atoms with Gasteiger partial charge in [-0.25, -0.2) is 4.79 Å². The predicted octanol–water partition coefficient (Wildman–Crippen LogP) is 3.55. The fourth-order valence-corrected chi connectivity index (χ4v) is 2.54. The van der Waals surface area contributed by atoms with E-state index < -0.39 is 11.7 Å². The highest BCUT2D eigenvalue weighted by atomic mass is 16.6. The number of ether oxygens (including phenoxy) is 1. The lowest BCUT2D eigenvalue weighted by Gasteiger charge is -2.19. The average molecular weight is 374 g/mol. The number of carbonyl (C=O) groups is 1. The molecule has 7 heteroatoms. The number of alkyl carbamates (subject to hydrolysis) is 1. The van der Waals surface area contributed by atoms with Crippen molar-refractivity contribution >= 4 is 6.09 Å². The monoisotopic (exact) mass is 374 g/mol.